The fraction of sp³-hybridized carbons (Fsp3) is 0.235. The molecule has 1 atom stereocenters. The lowest BCUT2D eigenvalue weighted by molar-refractivity contribution is 0.262. The van der Waals surface area contributed by atoms with Crippen molar-refractivity contribution in [1.82, 2.24) is 5.32 Å². The van der Waals surface area contributed by atoms with Crippen LogP contribution in [0.5, 0.6) is 0 Å². The van der Waals surface area contributed by atoms with Crippen molar-refractivity contribution >= 4 is 29.8 Å². The van der Waals surface area contributed by atoms with Crippen LogP contribution in [0.2, 0.25) is 0 Å². The first kappa shape index (κ1) is 16.3. The van der Waals surface area contributed by atoms with E-state index in [-0.39, 0.29) is 18.4 Å². The fourth-order valence-electron chi connectivity index (χ4n) is 2.59. The zero-order valence-electron chi connectivity index (χ0n) is 12.2. The highest BCUT2D eigenvalue weighted by molar-refractivity contribution is 5.99. The Morgan fingerprint density at radius 2 is 1.59 bits per heavy atom. The Balaban J connectivity index is 0.00000176. The second kappa shape index (κ2) is 7.82. The lowest BCUT2D eigenvalue weighted by Crippen LogP contribution is -2.19. The van der Waals surface area contributed by atoms with Crippen molar-refractivity contribution in [3.05, 3.63) is 60.2 Å². The number of rotatable bonds is 3. The minimum absolute atomic E-state index is 0. The first-order chi connectivity index (χ1) is 10.3. The van der Waals surface area contributed by atoms with Crippen LogP contribution in [0.4, 0.5) is 16.2 Å². The van der Waals surface area contributed by atoms with Gasteiger partial charge in [0.15, 0.2) is 0 Å². The van der Waals surface area contributed by atoms with E-state index < -0.39 is 0 Å². The molecule has 2 amide bonds. The molecule has 0 aliphatic carbocycles. The minimum atomic E-state index is -0.225. The fourth-order valence-corrected chi connectivity index (χ4v) is 2.59. The number of hydrogen-bond acceptors (Lipinski definition) is 2. The molecule has 1 heterocycles. The molecule has 1 aliphatic heterocycles. The van der Waals surface area contributed by atoms with Crippen molar-refractivity contribution in [1.29, 1.82) is 0 Å². The molecule has 1 fully saturated rings. The Morgan fingerprint density at radius 3 is 2.18 bits per heavy atom. The number of hydrogen-bond donors (Lipinski definition) is 3. The maximum absolute atomic E-state index is 11.9. The number of halogens is 1. The van der Waals surface area contributed by atoms with E-state index >= 15 is 0 Å². The number of urea groups is 1. The molecule has 0 aromatic heterocycles. The Kier molecular flexibility index (Phi) is 5.81. The summed E-state index contributed by atoms with van der Waals surface area (Å²) in [5, 5.41) is 9.01. The van der Waals surface area contributed by atoms with Gasteiger partial charge < -0.3 is 16.0 Å². The van der Waals surface area contributed by atoms with Crippen molar-refractivity contribution in [2.75, 3.05) is 23.7 Å². The molecule has 1 aliphatic rings. The third kappa shape index (κ3) is 4.23. The summed E-state index contributed by atoms with van der Waals surface area (Å²) in [7, 11) is 0. The van der Waals surface area contributed by atoms with E-state index in [4.69, 9.17) is 0 Å². The maximum atomic E-state index is 11.9. The average molecular weight is 318 g/mol. The molecule has 0 spiro atoms. The van der Waals surface area contributed by atoms with E-state index in [1.165, 1.54) is 12.0 Å². The molecule has 3 rings (SSSR count). The monoisotopic (exact) mass is 317 g/mol. The lowest BCUT2D eigenvalue weighted by Gasteiger charge is -2.11. The number of benzene rings is 2. The number of para-hydroxylation sites is 1. The summed E-state index contributed by atoms with van der Waals surface area (Å²) in [4.78, 5) is 11.9. The van der Waals surface area contributed by atoms with Gasteiger partial charge in [-0.2, -0.15) is 0 Å². The average Bonchev–Trinajstić information content (AvgIpc) is 3.03. The van der Waals surface area contributed by atoms with Crippen molar-refractivity contribution in [3.8, 4) is 0 Å². The standard InChI is InChI=1S/C17H19N3O.ClH/c21-17(19-15-4-2-1-3-5-15)20-16-8-6-13(7-9-16)14-10-11-18-12-14;/h1-9,14,18H,10-12H2,(H2,19,20,21);1H. The summed E-state index contributed by atoms with van der Waals surface area (Å²) < 4.78 is 0. The Labute approximate surface area is 136 Å². The van der Waals surface area contributed by atoms with E-state index in [0.717, 1.165) is 24.5 Å². The van der Waals surface area contributed by atoms with Gasteiger partial charge in [0, 0.05) is 17.9 Å². The van der Waals surface area contributed by atoms with Crippen molar-refractivity contribution in [2.45, 2.75) is 12.3 Å². The van der Waals surface area contributed by atoms with Gasteiger partial charge in [-0.15, -0.1) is 12.4 Å². The second-order valence-electron chi connectivity index (χ2n) is 5.26. The zero-order chi connectivity index (χ0) is 14.5. The van der Waals surface area contributed by atoms with Gasteiger partial charge in [-0.05, 0) is 48.7 Å². The quantitative estimate of drug-likeness (QED) is 0.806. The van der Waals surface area contributed by atoms with E-state index in [0.29, 0.717) is 5.92 Å². The Bertz CT molecular complexity index is 595. The molecule has 1 saturated heterocycles. The maximum Gasteiger partial charge on any atom is 0.323 e. The largest absolute Gasteiger partial charge is 0.323 e. The van der Waals surface area contributed by atoms with Crippen molar-refractivity contribution < 1.29 is 4.79 Å². The summed E-state index contributed by atoms with van der Waals surface area (Å²) in [6.07, 6.45) is 1.18. The number of anilines is 2. The highest BCUT2D eigenvalue weighted by atomic mass is 35.5. The number of carbonyl (C=O) groups is 1. The van der Waals surface area contributed by atoms with Crippen LogP contribution < -0.4 is 16.0 Å². The van der Waals surface area contributed by atoms with Gasteiger partial charge in [-0.1, -0.05) is 30.3 Å². The third-order valence-corrected chi connectivity index (χ3v) is 3.73. The number of carbonyl (C=O) groups excluding carboxylic acids is 1. The highest BCUT2D eigenvalue weighted by Crippen LogP contribution is 2.23. The summed E-state index contributed by atoms with van der Waals surface area (Å²) in [5.41, 5.74) is 2.91. The summed E-state index contributed by atoms with van der Waals surface area (Å²) in [5.74, 6) is 0.595. The zero-order valence-corrected chi connectivity index (χ0v) is 13.0. The molecule has 2 aromatic rings. The predicted octanol–water partition coefficient (Wildman–Crippen LogP) is 3.83. The van der Waals surface area contributed by atoms with Gasteiger partial charge in [0.2, 0.25) is 0 Å². The summed E-state index contributed by atoms with van der Waals surface area (Å²) in [6, 6.07) is 17.3. The second-order valence-corrected chi connectivity index (χ2v) is 5.26. The number of amides is 2. The number of nitrogens with one attached hydrogen (secondary N) is 3. The van der Waals surface area contributed by atoms with Gasteiger partial charge in [0.05, 0.1) is 0 Å². The van der Waals surface area contributed by atoms with Crippen LogP contribution in [-0.4, -0.2) is 19.1 Å². The highest BCUT2D eigenvalue weighted by Gasteiger charge is 2.16. The van der Waals surface area contributed by atoms with E-state index in [1.807, 2.05) is 42.5 Å². The topological polar surface area (TPSA) is 53.2 Å². The van der Waals surface area contributed by atoms with Crippen molar-refractivity contribution in [3.63, 3.8) is 0 Å². The van der Waals surface area contributed by atoms with Crippen LogP contribution >= 0.6 is 12.4 Å². The van der Waals surface area contributed by atoms with E-state index in [1.54, 1.807) is 0 Å². The first-order valence-electron chi connectivity index (χ1n) is 7.25. The molecule has 116 valence electrons. The predicted molar refractivity (Wildman–Crippen MR) is 93.0 cm³/mol. The Hall–Kier alpha value is -2.04. The van der Waals surface area contributed by atoms with Crippen LogP contribution in [0.15, 0.2) is 54.6 Å². The molecule has 2 aromatic carbocycles. The molecule has 4 nitrogen and oxygen atoms in total. The Morgan fingerprint density at radius 1 is 0.955 bits per heavy atom. The van der Waals surface area contributed by atoms with E-state index in [2.05, 4.69) is 28.1 Å². The van der Waals surface area contributed by atoms with Gasteiger partial charge >= 0.3 is 6.03 Å². The molecule has 5 heteroatoms. The molecule has 0 radical (unpaired) electrons. The van der Waals surface area contributed by atoms with Gasteiger partial charge in [-0.3, -0.25) is 0 Å². The van der Waals surface area contributed by atoms with Gasteiger partial charge in [0.25, 0.3) is 0 Å². The molecular weight excluding hydrogens is 298 g/mol. The van der Waals surface area contributed by atoms with Gasteiger partial charge in [-0.25, -0.2) is 4.79 Å². The third-order valence-electron chi connectivity index (χ3n) is 3.73. The molecule has 22 heavy (non-hydrogen) atoms. The van der Waals surface area contributed by atoms with E-state index in [9.17, 15) is 4.79 Å². The van der Waals surface area contributed by atoms with Crippen LogP contribution in [0.25, 0.3) is 0 Å². The molecule has 3 N–H and O–H groups in total. The normalized spacial score (nSPS) is 16.6. The SMILES string of the molecule is Cl.O=C(Nc1ccccc1)Nc1ccc(C2CCNC2)cc1. The first-order valence-corrected chi connectivity index (χ1v) is 7.25. The minimum Gasteiger partial charge on any atom is -0.316 e. The lowest BCUT2D eigenvalue weighted by atomic mass is 9.98. The summed E-state index contributed by atoms with van der Waals surface area (Å²) in [6.45, 7) is 2.13. The molecule has 0 bridgehead atoms. The van der Waals surface area contributed by atoms with Gasteiger partial charge in [0.1, 0.15) is 0 Å². The molecule has 1 unspecified atom stereocenters. The summed E-state index contributed by atoms with van der Waals surface area (Å²) >= 11 is 0. The van der Waals surface area contributed by atoms with Crippen LogP contribution in [-0.2, 0) is 0 Å². The smallest absolute Gasteiger partial charge is 0.316 e. The van der Waals surface area contributed by atoms with Crippen LogP contribution in [0.1, 0.15) is 17.9 Å². The van der Waals surface area contributed by atoms with Crippen LogP contribution in [0.3, 0.4) is 0 Å². The molecular formula is C17H20ClN3O. The molecule has 0 saturated carbocycles. The van der Waals surface area contributed by atoms with Crippen molar-refractivity contribution in [2.24, 2.45) is 0 Å². The van der Waals surface area contributed by atoms with Crippen LogP contribution in [0, 0.1) is 0 Å².